The maximum atomic E-state index is 13.5. The van der Waals surface area contributed by atoms with Gasteiger partial charge in [0.1, 0.15) is 0 Å². The second-order valence-electron chi connectivity index (χ2n) is 4.77. The molecule has 100 valence electrons. The summed E-state index contributed by atoms with van der Waals surface area (Å²) in [6.07, 6.45) is 0.888. The van der Waals surface area contributed by atoms with Crippen molar-refractivity contribution in [2.45, 2.75) is 32.0 Å². The van der Waals surface area contributed by atoms with E-state index >= 15 is 0 Å². The molecule has 1 saturated heterocycles. The van der Waals surface area contributed by atoms with Gasteiger partial charge in [-0.15, -0.1) is 0 Å². The molecule has 1 aromatic rings. The SMILES string of the molecule is COc1ccc(CC(O)C2CCOC2C)cc1F. The Hall–Kier alpha value is -1.13. The Morgan fingerprint density at radius 3 is 2.89 bits per heavy atom. The third-order valence-corrected chi connectivity index (χ3v) is 3.59. The molecule has 1 N–H and O–H groups in total. The van der Waals surface area contributed by atoms with Gasteiger partial charge in [0.25, 0.3) is 0 Å². The minimum Gasteiger partial charge on any atom is -0.494 e. The van der Waals surface area contributed by atoms with E-state index in [0.717, 1.165) is 12.0 Å². The molecule has 18 heavy (non-hydrogen) atoms. The highest BCUT2D eigenvalue weighted by molar-refractivity contribution is 5.29. The van der Waals surface area contributed by atoms with Gasteiger partial charge in [-0.2, -0.15) is 0 Å². The second-order valence-corrected chi connectivity index (χ2v) is 4.77. The standard InChI is InChI=1S/C14H19FO3/c1-9-11(5-6-18-9)13(16)8-10-3-4-14(17-2)12(15)7-10/h3-4,7,9,11,13,16H,5-6,8H2,1-2H3. The number of methoxy groups -OCH3 is 1. The zero-order valence-corrected chi connectivity index (χ0v) is 10.7. The van der Waals surface area contributed by atoms with Crippen LogP contribution in [0.15, 0.2) is 18.2 Å². The minimum atomic E-state index is -0.490. The molecule has 1 aliphatic rings. The predicted molar refractivity (Wildman–Crippen MR) is 66.2 cm³/mol. The smallest absolute Gasteiger partial charge is 0.165 e. The van der Waals surface area contributed by atoms with Crippen LogP contribution in [-0.4, -0.2) is 31.0 Å². The average Bonchev–Trinajstić information content (AvgIpc) is 2.76. The fourth-order valence-corrected chi connectivity index (χ4v) is 2.48. The van der Waals surface area contributed by atoms with Gasteiger partial charge < -0.3 is 14.6 Å². The van der Waals surface area contributed by atoms with Crippen LogP contribution in [0.2, 0.25) is 0 Å². The highest BCUT2D eigenvalue weighted by atomic mass is 19.1. The van der Waals surface area contributed by atoms with E-state index in [0.29, 0.717) is 13.0 Å². The summed E-state index contributed by atoms with van der Waals surface area (Å²) in [5.74, 6) is -0.0288. The molecule has 0 amide bonds. The molecule has 0 aromatic heterocycles. The largest absolute Gasteiger partial charge is 0.494 e. The number of hydrogen-bond acceptors (Lipinski definition) is 3. The molecule has 3 atom stereocenters. The lowest BCUT2D eigenvalue weighted by Crippen LogP contribution is -2.28. The summed E-state index contributed by atoms with van der Waals surface area (Å²) in [6.45, 7) is 2.66. The van der Waals surface area contributed by atoms with Gasteiger partial charge >= 0.3 is 0 Å². The van der Waals surface area contributed by atoms with Crippen molar-refractivity contribution in [3.8, 4) is 5.75 Å². The first-order valence-electron chi connectivity index (χ1n) is 6.24. The molecule has 0 saturated carbocycles. The number of rotatable bonds is 4. The molecule has 0 bridgehead atoms. The Balaban J connectivity index is 2.02. The van der Waals surface area contributed by atoms with Crippen LogP contribution < -0.4 is 4.74 Å². The number of aliphatic hydroxyl groups is 1. The molecule has 1 heterocycles. The first-order valence-corrected chi connectivity index (χ1v) is 6.24. The Labute approximate surface area is 107 Å². The van der Waals surface area contributed by atoms with E-state index in [1.807, 2.05) is 6.92 Å². The fraction of sp³-hybridized carbons (Fsp3) is 0.571. The monoisotopic (exact) mass is 254 g/mol. The summed E-state index contributed by atoms with van der Waals surface area (Å²) in [6, 6.07) is 4.79. The van der Waals surface area contributed by atoms with Crippen molar-refractivity contribution in [1.29, 1.82) is 0 Å². The van der Waals surface area contributed by atoms with Crippen LogP contribution >= 0.6 is 0 Å². The van der Waals surface area contributed by atoms with Crippen molar-refractivity contribution in [3.05, 3.63) is 29.6 Å². The first kappa shape index (κ1) is 13.3. The quantitative estimate of drug-likeness (QED) is 0.895. The minimum absolute atomic E-state index is 0.0723. The number of ether oxygens (including phenoxy) is 2. The molecular formula is C14H19FO3. The summed E-state index contributed by atoms with van der Waals surface area (Å²) in [5.41, 5.74) is 0.778. The fourth-order valence-electron chi connectivity index (χ4n) is 2.48. The van der Waals surface area contributed by atoms with Crippen molar-refractivity contribution in [2.24, 2.45) is 5.92 Å². The number of benzene rings is 1. The molecule has 3 unspecified atom stereocenters. The lowest BCUT2D eigenvalue weighted by atomic mass is 9.91. The zero-order chi connectivity index (χ0) is 13.1. The van der Waals surface area contributed by atoms with E-state index < -0.39 is 11.9 Å². The van der Waals surface area contributed by atoms with E-state index in [2.05, 4.69) is 0 Å². The molecule has 1 fully saturated rings. The maximum absolute atomic E-state index is 13.5. The first-order chi connectivity index (χ1) is 8.61. The maximum Gasteiger partial charge on any atom is 0.165 e. The topological polar surface area (TPSA) is 38.7 Å². The van der Waals surface area contributed by atoms with E-state index in [4.69, 9.17) is 9.47 Å². The molecule has 2 rings (SSSR count). The Kier molecular flexibility index (Phi) is 4.19. The highest BCUT2D eigenvalue weighted by Gasteiger charge is 2.30. The van der Waals surface area contributed by atoms with Crippen molar-refractivity contribution in [1.82, 2.24) is 0 Å². The van der Waals surface area contributed by atoms with E-state index in [-0.39, 0.29) is 17.8 Å². The van der Waals surface area contributed by atoms with Gasteiger partial charge in [-0.1, -0.05) is 6.07 Å². The van der Waals surface area contributed by atoms with Gasteiger partial charge in [-0.25, -0.2) is 4.39 Å². The molecule has 0 aliphatic carbocycles. The van der Waals surface area contributed by atoms with Gasteiger partial charge in [0.15, 0.2) is 11.6 Å². The van der Waals surface area contributed by atoms with Gasteiger partial charge in [0.2, 0.25) is 0 Å². The molecule has 4 heteroatoms. The van der Waals surface area contributed by atoms with Crippen LogP contribution in [-0.2, 0) is 11.2 Å². The summed E-state index contributed by atoms with van der Waals surface area (Å²) >= 11 is 0. The van der Waals surface area contributed by atoms with Crippen LogP contribution in [0.5, 0.6) is 5.75 Å². The van der Waals surface area contributed by atoms with E-state index in [1.165, 1.54) is 13.2 Å². The molecule has 1 aliphatic heterocycles. The number of hydrogen-bond donors (Lipinski definition) is 1. The van der Waals surface area contributed by atoms with Gasteiger partial charge in [-0.05, 0) is 37.5 Å². The van der Waals surface area contributed by atoms with E-state index in [9.17, 15) is 9.50 Å². The third kappa shape index (κ3) is 2.82. The molecular weight excluding hydrogens is 235 g/mol. The van der Waals surface area contributed by atoms with Crippen LogP contribution in [0, 0.1) is 11.7 Å². The van der Waals surface area contributed by atoms with Gasteiger partial charge in [0, 0.05) is 12.5 Å². The van der Waals surface area contributed by atoms with Crippen LogP contribution in [0.3, 0.4) is 0 Å². The third-order valence-electron chi connectivity index (χ3n) is 3.59. The lowest BCUT2D eigenvalue weighted by Gasteiger charge is -2.21. The summed E-state index contributed by atoms with van der Waals surface area (Å²) in [5, 5.41) is 10.2. The average molecular weight is 254 g/mol. The van der Waals surface area contributed by atoms with E-state index in [1.54, 1.807) is 12.1 Å². The van der Waals surface area contributed by atoms with Crippen molar-refractivity contribution in [3.63, 3.8) is 0 Å². The summed E-state index contributed by atoms with van der Waals surface area (Å²) in [4.78, 5) is 0. The van der Waals surface area contributed by atoms with Crippen molar-refractivity contribution in [2.75, 3.05) is 13.7 Å². The molecule has 0 spiro atoms. The Morgan fingerprint density at radius 1 is 1.56 bits per heavy atom. The highest BCUT2D eigenvalue weighted by Crippen LogP contribution is 2.27. The Morgan fingerprint density at radius 2 is 2.33 bits per heavy atom. The lowest BCUT2D eigenvalue weighted by molar-refractivity contribution is 0.0440. The van der Waals surface area contributed by atoms with Gasteiger partial charge in [-0.3, -0.25) is 0 Å². The number of halogens is 1. The van der Waals surface area contributed by atoms with Crippen LogP contribution in [0.4, 0.5) is 4.39 Å². The Bertz CT molecular complexity index is 408. The van der Waals surface area contributed by atoms with Gasteiger partial charge in [0.05, 0.1) is 19.3 Å². The summed E-state index contributed by atoms with van der Waals surface area (Å²) < 4.78 is 23.8. The molecule has 0 radical (unpaired) electrons. The zero-order valence-electron chi connectivity index (χ0n) is 10.7. The normalized spacial score (nSPS) is 25.1. The van der Waals surface area contributed by atoms with Crippen molar-refractivity contribution < 1.29 is 19.0 Å². The summed E-state index contributed by atoms with van der Waals surface area (Å²) in [7, 11) is 1.44. The number of aliphatic hydroxyl groups excluding tert-OH is 1. The predicted octanol–water partition coefficient (Wildman–Crippen LogP) is 2.16. The second kappa shape index (κ2) is 5.67. The van der Waals surface area contributed by atoms with Crippen LogP contribution in [0.25, 0.3) is 0 Å². The molecule has 1 aromatic carbocycles. The van der Waals surface area contributed by atoms with Crippen LogP contribution in [0.1, 0.15) is 18.9 Å². The van der Waals surface area contributed by atoms with Crippen molar-refractivity contribution >= 4 is 0 Å². The molecule has 3 nitrogen and oxygen atoms in total.